The number of benzene rings is 2. The van der Waals surface area contributed by atoms with Gasteiger partial charge in [0.05, 0.1) is 11.3 Å². The number of nitrogens with one attached hydrogen (secondary N) is 2. The molecule has 9 nitrogen and oxygen atoms in total. The lowest BCUT2D eigenvalue weighted by molar-refractivity contribution is -0.126. The molecule has 9 heteroatoms. The molecule has 4 N–H and O–H groups in total. The van der Waals surface area contributed by atoms with Crippen LogP contribution in [0.2, 0.25) is 0 Å². The molecule has 1 aliphatic heterocycles. The normalized spacial score (nSPS) is 14.2. The number of carbonyl (C=O) groups is 1. The van der Waals surface area contributed by atoms with Crippen molar-refractivity contribution in [1.82, 2.24) is 19.8 Å². The second kappa shape index (κ2) is 12.1. The highest BCUT2D eigenvalue weighted by Gasteiger charge is 2.24. The van der Waals surface area contributed by atoms with E-state index in [0.717, 1.165) is 25.1 Å². The molecule has 1 aromatic heterocycles. The van der Waals surface area contributed by atoms with Crippen molar-refractivity contribution in [3.63, 3.8) is 0 Å². The minimum Gasteiger partial charge on any atom is -0.457 e. The van der Waals surface area contributed by atoms with E-state index >= 15 is 0 Å². The minimum atomic E-state index is 0.0359. The van der Waals surface area contributed by atoms with Crippen LogP contribution in [0.25, 0.3) is 0 Å². The quantitative estimate of drug-likeness (QED) is 0.303. The van der Waals surface area contributed by atoms with Gasteiger partial charge in [0, 0.05) is 37.3 Å². The van der Waals surface area contributed by atoms with Crippen LogP contribution in [0.1, 0.15) is 24.0 Å². The number of hydrogen-bond donors (Lipinski definition) is 3. The Labute approximate surface area is 217 Å². The zero-order valence-electron chi connectivity index (χ0n) is 21.2. The second-order valence-corrected chi connectivity index (χ2v) is 9.21. The van der Waals surface area contributed by atoms with Gasteiger partial charge in [-0.05, 0) is 63.3 Å². The van der Waals surface area contributed by atoms with Crippen molar-refractivity contribution in [1.29, 1.82) is 5.41 Å². The molecule has 0 aliphatic carbocycles. The summed E-state index contributed by atoms with van der Waals surface area (Å²) >= 11 is 0. The Morgan fingerprint density at radius 1 is 1.11 bits per heavy atom. The number of nitrogens with two attached hydrogens (primary N) is 1. The topological polar surface area (TPSA) is 120 Å². The van der Waals surface area contributed by atoms with Crippen LogP contribution in [0.15, 0.2) is 73.1 Å². The number of likely N-dealkylation sites (tertiary alicyclic amines) is 1. The van der Waals surface area contributed by atoms with Crippen LogP contribution >= 0.6 is 0 Å². The smallest absolute Gasteiger partial charge is 0.246 e. The van der Waals surface area contributed by atoms with Crippen LogP contribution in [0, 0.1) is 5.41 Å². The molecular weight excluding hydrogens is 466 g/mol. The number of piperidine rings is 1. The predicted octanol–water partition coefficient (Wildman–Crippen LogP) is 3.79. The third-order valence-corrected chi connectivity index (χ3v) is 6.13. The molecular formula is C28H33N7O2. The molecule has 1 fully saturated rings. The maximum Gasteiger partial charge on any atom is 0.246 e. The fourth-order valence-electron chi connectivity index (χ4n) is 4.12. The molecule has 0 atom stereocenters. The number of aromatic nitrogens is 2. The van der Waals surface area contributed by atoms with Crippen molar-refractivity contribution < 1.29 is 9.53 Å². The molecule has 0 spiro atoms. The lowest BCUT2D eigenvalue weighted by atomic mass is 10.0. The van der Waals surface area contributed by atoms with Gasteiger partial charge in [-0.1, -0.05) is 24.3 Å². The maximum atomic E-state index is 12.4. The first kappa shape index (κ1) is 25.8. The van der Waals surface area contributed by atoms with E-state index in [1.807, 2.05) is 84.6 Å². The predicted molar refractivity (Wildman–Crippen MR) is 146 cm³/mol. The first-order chi connectivity index (χ1) is 17.9. The van der Waals surface area contributed by atoms with Gasteiger partial charge in [0.2, 0.25) is 5.91 Å². The van der Waals surface area contributed by atoms with Crippen molar-refractivity contribution in [2.45, 2.75) is 18.9 Å². The SMILES string of the molecule is CN(C)C/C=C/C(=O)N1CCC(Nc2ncnc(N)c2C(=N)c2ccc(Oc3ccccc3)cc2)CC1. The zero-order chi connectivity index (χ0) is 26.2. The van der Waals surface area contributed by atoms with E-state index in [1.165, 1.54) is 6.33 Å². The first-order valence-electron chi connectivity index (χ1n) is 12.3. The van der Waals surface area contributed by atoms with Crippen LogP contribution < -0.4 is 15.8 Å². The lowest BCUT2D eigenvalue weighted by Gasteiger charge is -2.32. The summed E-state index contributed by atoms with van der Waals surface area (Å²) in [5.74, 6) is 2.23. The van der Waals surface area contributed by atoms with Gasteiger partial charge in [0.15, 0.2) is 0 Å². The highest BCUT2D eigenvalue weighted by Crippen LogP contribution is 2.26. The fourth-order valence-corrected chi connectivity index (χ4v) is 4.12. The molecule has 0 saturated carbocycles. The van der Waals surface area contributed by atoms with Crippen LogP contribution in [0.3, 0.4) is 0 Å². The van der Waals surface area contributed by atoms with E-state index in [1.54, 1.807) is 6.08 Å². The molecule has 192 valence electrons. The summed E-state index contributed by atoms with van der Waals surface area (Å²) in [5.41, 5.74) is 7.57. The molecule has 37 heavy (non-hydrogen) atoms. The Balaban J connectivity index is 1.40. The molecule has 0 radical (unpaired) electrons. The highest BCUT2D eigenvalue weighted by molar-refractivity contribution is 6.16. The lowest BCUT2D eigenvalue weighted by Crippen LogP contribution is -2.42. The van der Waals surface area contributed by atoms with Crippen molar-refractivity contribution in [2.24, 2.45) is 0 Å². The number of hydrogen-bond acceptors (Lipinski definition) is 8. The Morgan fingerprint density at radius 3 is 2.46 bits per heavy atom. The molecule has 0 bridgehead atoms. The van der Waals surface area contributed by atoms with Gasteiger partial charge in [0.25, 0.3) is 0 Å². The van der Waals surface area contributed by atoms with Gasteiger partial charge in [-0.15, -0.1) is 0 Å². The van der Waals surface area contributed by atoms with Crippen molar-refractivity contribution in [2.75, 3.05) is 44.8 Å². The standard InChI is InChI=1S/C28H33N7O2/c1-34(2)16-6-9-24(36)35-17-14-21(15-18-35)33-28-25(27(30)31-19-32-28)26(29)20-10-12-23(13-11-20)37-22-7-4-3-5-8-22/h3-13,19,21,29H,14-18H2,1-2H3,(H3,30,31,32,33)/b9-6+,29-26?. The molecule has 4 rings (SSSR count). The van der Waals surface area contributed by atoms with E-state index in [2.05, 4.69) is 15.3 Å². The maximum absolute atomic E-state index is 12.4. The van der Waals surface area contributed by atoms with Gasteiger partial charge in [-0.25, -0.2) is 9.97 Å². The summed E-state index contributed by atoms with van der Waals surface area (Å²) in [4.78, 5) is 24.8. The minimum absolute atomic E-state index is 0.0359. The number of rotatable bonds is 9. The van der Waals surface area contributed by atoms with E-state index in [0.29, 0.717) is 35.8 Å². The number of carbonyl (C=O) groups excluding carboxylic acids is 1. The summed E-state index contributed by atoms with van der Waals surface area (Å²) in [6, 6.07) is 16.9. The molecule has 2 aromatic carbocycles. The summed E-state index contributed by atoms with van der Waals surface area (Å²) in [7, 11) is 3.94. The average molecular weight is 500 g/mol. The van der Waals surface area contributed by atoms with Crippen LogP contribution in [0.4, 0.5) is 11.6 Å². The van der Waals surface area contributed by atoms with Gasteiger partial charge in [-0.2, -0.15) is 0 Å². The Kier molecular flexibility index (Phi) is 8.48. The number of nitrogens with zero attached hydrogens (tertiary/aromatic N) is 4. The molecule has 2 heterocycles. The van der Waals surface area contributed by atoms with Gasteiger partial charge < -0.3 is 25.6 Å². The van der Waals surface area contributed by atoms with Gasteiger partial charge >= 0.3 is 0 Å². The molecule has 1 amide bonds. The second-order valence-electron chi connectivity index (χ2n) is 9.21. The summed E-state index contributed by atoms with van der Waals surface area (Å²) in [6.45, 7) is 2.04. The third-order valence-electron chi connectivity index (χ3n) is 6.13. The van der Waals surface area contributed by atoms with Crippen LogP contribution in [-0.4, -0.2) is 71.2 Å². The molecule has 0 unspecified atom stereocenters. The summed E-state index contributed by atoms with van der Waals surface area (Å²) < 4.78 is 5.86. The van der Waals surface area contributed by atoms with Crippen LogP contribution in [-0.2, 0) is 4.79 Å². The Bertz CT molecular complexity index is 1240. The zero-order valence-corrected chi connectivity index (χ0v) is 21.2. The first-order valence-corrected chi connectivity index (χ1v) is 12.3. The Hall–Kier alpha value is -4.24. The fraction of sp³-hybridized carbons (Fsp3) is 0.286. The average Bonchev–Trinajstić information content (AvgIpc) is 2.90. The largest absolute Gasteiger partial charge is 0.457 e. The number of ether oxygens (including phenoxy) is 1. The number of likely N-dealkylation sites (N-methyl/N-ethyl adjacent to an activating group) is 1. The van der Waals surface area contributed by atoms with E-state index in [-0.39, 0.29) is 23.5 Å². The van der Waals surface area contributed by atoms with Crippen molar-refractivity contribution in [3.05, 3.63) is 84.2 Å². The van der Waals surface area contributed by atoms with Gasteiger partial charge in [-0.3, -0.25) is 10.2 Å². The van der Waals surface area contributed by atoms with Gasteiger partial charge in [0.1, 0.15) is 29.5 Å². The Morgan fingerprint density at radius 2 is 1.78 bits per heavy atom. The summed E-state index contributed by atoms with van der Waals surface area (Å²) in [6.07, 6.45) is 6.48. The van der Waals surface area contributed by atoms with E-state index in [4.69, 9.17) is 15.9 Å². The molecule has 1 saturated heterocycles. The third kappa shape index (κ3) is 6.92. The number of amides is 1. The molecule has 3 aromatic rings. The number of anilines is 2. The molecule has 1 aliphatic rings. The summed E-state index contributed by atoms with van der Waals surface area (Å²) in [5, 5.41) is 12.3. The monoisotopic (exact) mass is 499 g/mol. The number of nitrogen functional groups attached to an aromatic ring is 1. The number of para-hydroxylation sites is 1. The van der Waals surface area contributed by atoms with E-state index in [9.17, 15) is 4.79 Å². The highest BCUT2D eigenvalue weighted by atomic mass is 16.5. The van der Waals surface area contributed by atoms with Crippen molar-refractivity contribution in [3.8, 4) is 11.5 Å². The van der Waals surface area contributed by atoms with Crippen LogP contribution in [0.5, 0.6) is 11.5 Å². The van der Waals surface area contributed by atoms with E-state index < -0.39 is 0 Å². The van der Waals surface area contributed by atoms with Crippen molar-refractivity contribution >= 4 is 23.3 Å².